The molecule has 1 N–H and O–H groups in total. The summed E-state index contributed by atoms with van der Waals surface area (Å²) in [6, 6.07) is 4.32. The van der Waals surface area contributed by atoms with Crippen LogP contribution >= 0.6 is 0 Å². The highest BCUT2D eigenvalue weighted by Gasteiger charge is 2.09. The minimum atomic E-state index is -1.09. The standard InChI is InChI=1S/C15H19FN2O3/c1-17(2)14(19)10-18(3)9-12-6-11(4-5-15(20)21)7-13(16)8-12/h4-8H,9-10H2,1-3H3,(H,20,21). The maximum absolute atomic E-state index is 13.5. The molecule has 0 aliphatic carbocycles. The Morgan fingerprint density at radius 3 is 2.48 bits per heavy atom. The van der Waals surface area contributed by atoms with Crippen molar-refractivity contribution in [2.75, 3.05) is 27.7 Å². The second kappa shape index (κ2) is 7.54. The van der Waals surface area contributed by atoms with Crippen molar-refractivity contribution in [3.8, 4) is 0 Å². The van der Waals surface area contributed by atoms with Gasteiger partial charge in [0.1, 0.15) is 5.82 Å². The minimum Gasteiger partial charge on any atom is -0.478 e. The summed E-state index contributed by atoms with van der Waals surface area (Å²) in [6.45, 7) is 0.620. The first-order valence-corrected chi connectivity index (χ1v) is 6.37. The highest BCUT2D eigenvalue weighted by molar-refractivity contribution is 5.85. The molecule has 1 aromatic rings. The maximum atomic E-state index is 13.5. The van der Waals surface area contributed by atoms with E-state index in [0.717, 1.165) is 6.08 Å². The molecule has 0 atom stereocenters. The molecular formula is C15H19FN2O3. The van der Waals surface area contributed by atoms with Crippen molar-refractivity contribution in [2.24, 2.45) is 0 Å². The van der Waals surface area contributed by atoms with E-state index in [9.17, 15) is 14.0 Å². The van der Waals surface area contributed by atoms with Crippen molar-refractivity contribution in [3.05, 3.63) is 41.2 Å². The van der Waals surface area contributed by atoms with Crippen molar-refractivity contribution in [2.45, 2.75) is 6.54 Å². The molecule has 0 fully saturated rings. The Labute approximate surface area is 123 Å². The highest BCUT2D eigenvalue weighted by atomic mass is 19.1. The molecule has 0 radical (unpaired) electrons. The smallest absolute Gasteiger partial charge is 0.328 e. The number of benzene rings is 1. The lowest BCUT2D eigenvalue weighted by atomic mass is 10.1. The Kier molecular flexibility index (Phi) is 6.05. The molecule has 0 aliphatic heterocycles. The molecule has 114 valence electrons. The van der Waals surface area contributed by atoms with E-state index in [1.807, 2.05) is 0 Å². The van der Waals surface area contributed by atoms with E-state index in [1.54, 1.807) is 32.1 Å². The number of likely N-dealkylation sites (N-methyl/N-ethyl adjacent to an activating group) is 2. The lowest BCUT2D eigenvalue weighted by Crippen LogP contribution is -2.34. The van der Waals surface area contributed by atoms with E-state index in [4.69, 9.17) is 5.11 Å². The SMILES string of the molecule is CN(CC(=O)N(C)C)Cc1cc(F)cc(C=CC(=O)O)c1. The van der Waals surface area contributed by atoms with Gasteiger partial charge in [-0.2, -0.15) is 0 Å². The Morgan fingerprint density at radius 1 is 1.24 bits per heavy atom. The van der Waals surface area contributed by atoms with Crippen LogP contribution < -0.4 is 0 Å². The Bertz CT molecular complexity index is 556. The van der Waals surface area contributed by atoms with Crippen molar-refractivity contribution in [1.29, 1.82) is 0 Å². The summed E-state index contributed by atoms with van der Waals surface area (Å²) >= 11 is 0. The molecule has 0 spiro atoms. The molecular weight excluding hydrogens is 275 g/mol. The van der Waals surface area contributed by atoms with Crippen molar-refractivity contribution < 1.29 is 19.1 Å². The number of hydrogen-bond donors (Lipinski definition) is 1. The minimum absolute atomic E-state index is 0.0418. The molecule has 0 bridgehead atoms. The number of aliphatic carboxylic acids is 1. The predicted octanol–water partition coefficient (Wildman–Crippen LogP) is 1.44. The number of hydrogen-bond acceptors (Lipinski definition) is 3. The summed E-state index contributed by atoms with van der Waals surface area (Å²) in [4.78, 5) is 25.3. The quantitative estimate of drug-likeness (QED) is 0.807. The Hall–Kier alpha value is -2.21. The molecule has 0 aliphatic rings. The van der Waals surface area contributed by atoms with Crippen LogP contribution in [0.2, 0.25) is 0 Å². The number of carbonyl (C=O) groups is 2. The van der Waals surface area contributed by atoms with Gasteiger partial charge in [0.05, 0.1) is 6.54 Å². The number of nitrogens with zero attached hydrogens (tertiary/aromatic N) is 2. The third-order valence-corrected chi connectivity index (χ3v) is 2.75. The average molecular weight is 294 g/mol. The van der Waals surface area contributed by atoms with Gasteiger partial charge in [0, 0.05) is 26.7 Å². The number of halogens is 1. The van der Waals surface area contributed by atoms with Gasteiger partial charge in [0.25, 0.3) is 0 Å². The van der Waals surface area contributed by atoms with Crippen LogP contribution in [0.5, 0.6) is 0 Å². The van der Waals surface area contributed by atoms with Crippen LogP contribution in [0.4, 0.5) is 4.39 Å². The molecule has 1 rings (SSSR count). The lowest BCUT2D eigenvalue weighted by molar-refractivity contribution is -0.131. The number of carbonyl (C=O) groups excluding carboxylic acids is 1. The van der Waals surface area contributed by atoms with Gasteiger partial charge in [0.2, 0.25) is 5.91 Å². The zero-order chi connectivity index (χ0) is 16.0. The van der Waals surface area contributed by atoms with Crippen LogP contribution in [0.1, 0.15) is 11.1 Å². The molecule has 0 saturated carbocycles. The summed E-state index contributed by atoms with van der Waals surface area (Å²) in [6.07, 6.45) is 2.29. The molecule has 21 heavy (non-hydrogen) atoms. The van der Waals surface area contributed by atoms with Crippen molar-refractivity contribution in [3.63, 3.8) is 0 Å². The van der Waals surface area contributed by atoms with E-state index in [1.165, 1.54) is 23.1 Å². The molecule has 6 heteroatoms. The normalized spacial score (nSPS) is 11.1. The number of carboxylic acids is 1. The first-order valence-electron chi connectivity index (χ1n) is 6.37. The topological polar surface area (TPSA) is 60.9 Å². The van der Waals surface area contributed by atoms with Crippen LogP contribution in [-0.2, 0) is 16.1 Å². The van der Waals surface area contributed by atoms with Gasteiger partial charge in [-0.1, -0.05) is 6.07 Å². The molecule has 0 saturated heterocycles. The van der Waals surface area contributed by atoms with Gasteiger partial charge in [0.15, 0.2) is 0 Å². The first kappa shape index (κ1) is 16.8. The molecule has 5 nitrogen and oxygen atoms in total. The number of rotatable bonds is 6. The second-order valence-corrected chi connectivity index (χ2v) is 5.02. The van der Waals surface area contributed by atoms with E-state index in [2.05, 4.69) is 0 Å². The van der Waals surface area contributed by atoms with E-state index >= 15 is 0 Å². The van der Waals surface area contributed by atoms with Crippen LogP contribution in [0.15, 0.2) is 24.3 Å². The fourth-order valence-corrected chi connectivity index (χ4v) is 1.77. The van der Waals surface area contributed by atoms with Gasteiger partial charge >= 0.3 is 5.97 Å². The van der Waals surface area contributed by atoms with E-state index in [-0.39, 0.29) is 12.5 Å². The number of carboxylic acid groups (broad SMARTS) is 1. The molecule has 1 aromatic carbocycles. The fraction of sp³-hybridized carbons (Fsp3) is 0.333. The lowest BCUT2D eigenvalue weighted by Gasteiger charge is -2.19. The molecule has 0 aromatic heterocycles. The molecule has 1 amide bonds. The Morgan fingerprint density at radius 2 is 1.90 bits per heavy atom. The summed E-state index contributed by atoms with van der Waals surface area (Å²) in [5.41, 5.74) is 1.15. The predicted molar refractivity (Wildman–Crippen MR) is 78.1 cm³/mol. The van der Waals surface area contributed by atoms with Gasteiger partial charge in [-0.3, -0.25) is 9.69 Å². The summed E-state index contributed by atoms with van der Waals surface area (Å²) < 4.78 is 13.5. The summed E-state index contributed by atoms with van der Waals surface area (Å²) in [5.74, 6) is -1.57. The first-order chi connectivity index (χ1) is 9.77. The van der Waals surface area contributed by atoms with E-state index in [0.29, 0.717) is 17.7 Å². The van der Waals surface area contributed by atoms with Crippen LogP contribution in [0, 0.1) is 5.82 Å². The van der Waals surface area contributed by atoms with Crippen molar-refractivity contribution >= 4 is 18.0 Å². The van der Waals surface area contributed by atoms with Gasteiger partial charge < -0.3 is 10.0 Å². The van der Waals surface area contributed by atoms with Gasteiger partial charge in [-0.05, 0) is 36.4 Å². The third-order valence-electron chi connectivity index (χ3n) is 2.75. The zero-order valence-corrected chi connectivity index (χ0v) is 12.3. The monoisotopic (exact) mass is 294 g/mol. The average Bonchev–Trinajstić information content (AvgIpc) is 2.35. The molecule has 0 heterocycles. The maximum Gasteiger partial charge on any atom is 0.328 e. The zero-order valence-electron chi connectivity index (χ0n) is 12.3. The fourth-order valence-electron chi connectivity index (χ4n) is 1.77. The van der Waals surface area contributed by atoms with Gasteiger partial charge in [-0.15, -0.1) is 0 Å². The van der Waals surface area contributed by atoms with Crippen LogP contribution in [0.25, 0.3) is 6.08 Å². The Balaban J connectivity index is 2.79. The molecule has 0 unspecified atom stereocenters. The second-order valence-electron chi connectivity index (χ2n) is 5.02. The van der Waals surface area contributed by atoms with Crippen LogP contribution in [-0.4, -0.2) is 54.5 Å². The van der Waals surface area contributed by atoms with Crippen LogP contribution in [0.3, 0.4) is 0 Å². The number of amides is 1. The van der Waals surface area contributed by atoms with E-state index < -0.39 is 11.8 Å². The highest BCUT2D eigenvalue weighted by Crippen LogP contribution is 2.12. The van der Waals surface area contributed by atoms with Crippen molar-refractivity contribution in [1.82, 2.24) is 9.80 Å². The summed E-state index contributed by atoms with van der Waals surface area (Å²) in [7, 11) is 5.11. The summed E-state index contributed by atoms with van der Waals surface area (Å²) in [5, 5.41) is 8.58. The van der Waals surface area contributed by atoms with Gasteiger partial charge in [-0.25, -0.2) is 9.18 Å². The third kappa shape index (κ3) is 6.18. The largest absolute Gasteiger partial charge is 0.478 e.